The first-order chi connectivity index (χ1) is 14.1. The summed E-state index contributed by atoms with van der Waals surface area (Å²) in [6.07, 6.45) is 0. The van der Waals surface area contributed by atoms with Crippen LogP contribution in [-0.2, 0) is 11.3 Å². The molecule has 2 aromatic heterocycles. The average Bonchev–Trinajstić information content (AvgIpc) is 3.10. The molecule has 0 aliphatic carbocycles. The number of fused-ring (bicyclic) bond motifs is 1. The molecule has 0 saturated carbocycles. The maximum absolute atomic E-state index is 13.9. The van der Waals surface area contributed by atoms with E-state index >= 15 is 0 Å². The zero-order chi connectivity index (χ0) is 20.4. The molecule has 0 atom stereocenters. The highest BCUT2D eigenvalue weighted by atomic mass is 19.1. The summed E-state index contributed by atoms with van der Waals surface area (Å²) in [5.41, 5.74) is 3.49. The fourth-order valence-electron chi connectivity index (χ4n) is 3.38. The largest absolute Gasteiger partial charge is 0.497 e. The van der Waals surface area contributed by atoms with Gasteiger partial charge in [0.2, 0.25) is 0 Å². The van der Waals surface area contributed by atoms with Crippen molar-refractivity contribution in [1.29, 1.82) is 0 Å². The number of carbonyl (C=O) groups excluding carboxylic acids is 1. The third kappa shape index (κ3) is 3.69. The number of aromatic nitrogens is 2. The number of esters is 1. The summed E-state index contributed by atoms with van der Waals surface area (Å²) in [6, 6.07) is 19.5. The van der Waals surface area contributed by atoms with E-state index in [2.05, 4.69) is 4.98 Å². The Labute approximate surface area is 167 Å². The van der Waals surface area contributed by atoms with Crippen LogP contribution in [0.1, 0.15) is 16.2 Å². The van der Waals surface area contributed by atoms with Gasteiger partial charge in [-0.25, -0.2) is 14.2 Å². The minimum atomic E-state index is -0.487. The smallest absolute Gasteiger partial charge is 0.356 e. The minimum Gasteiger partial charge on any atom is -0.497 e. The zero-order valence-corrected chi connectivity index (χ0v) is 16.1. The Morgan fingerprint density at radius 3 is 2.62 bits per heavy atom. The lowest BCUT2D eigenvalue weighted by atomic mass is 10.1. The summed E-state index contributed by atoms with van der Waals surface area (Å²) in [5.74, 6) is -0.0479. The van der Waals surface area contributed by atoms with E-state index in [1.165, 1.54) is 19.2 Å². The number of carbonyl (C=O) groups is 1. The highest BCUT2D eigenvalue weighted by Gasteiger charge is 2.14. The van der Waals surface area contributed by atoms with Crippen LogP contribution in [0.5, 0.6) is 5.75 Å². The number of pyridine rings is 1. The molecule has 0 bridgehead atoms. The first-order valence-corrected chi connectivity index (χ1v) is 9.06. The van der Waals surface area contributed by atoms with Crippen molar-refractivity contribution in [2.45, 2.75) is 6.54 Å². The normalized spacial score (nSPS) is 10.9. The molecular weight excluding hydrogens is 371 g/mol. The van der Waals surface area contributed by atoms with E-state index < -0.39 is 5.97 Å². The fourth-order valence-corrected chi connectivity index (χ4v) is 3.38. The van der Waals surface area contributed by atoms with E-state index in [0.29, 0.717) is 12.2 Å². The third-order valence-corrected chi connectivity index (χ3v) is 4.75. The fraction of sp³-hybridized carbons (Fsp3) is 0.130. The Kier molecular flexibility index (Phi) is 4.99. The SMILES string of the molecule is COC(=O)c1cccc(Cn2c(-c3cccc(F)c3)cc3cc(OC)ccc32)n1. The van der Waals surface area contributed by atoms with Crippen LogP contribution in [0.3, 0.4) is 0 Å². The van der Waals surface area contributed by atoms with Crippen LogP contribution >= 0.6 is 0 Å². The summed E-state index contributed by atoms with van der Waals surface area (Å²) >= 11 is 0. The van der Waals surface area contributed by atoms with Gasteiger partial charge in [0.05, 0.1) is 26.5 Å². The molecule has 0 N–H and O–H groups in total. The van der Waals surface area contributed by atoms with Crippen LogP contribution in [0, 0.1) is 5.82 Å². The van der Waals surface area contributed by atoms with E-state index in [1.54, 1.807) is 25.3 Å². The summed E-state index contributed by atoms with van der Waals surface area (Å²) in [6.45, 7) is 0.409. The molecule has 0 amide bonds. The average molecular weight is 390 g/mol. The minimum absolute atomic E-state index is 0.246. The van der Waals surface area contributed by atoms with Gasteiger partial charge in [0.1, 0.15) is 17.3 Å². The summed E-state index contributed by atoms with van der Waals surface area (Å²) < 4.78 is 26.0. The zero-order valence-electron chi connectivity index (χ0n) is 16.1. The molecular formula is C23H19FN2O3. The van der Waals surface area contributed by atoms with Gasteiger partial charge < -0.3 is 14.0 Å². The van der Waals surface area contributed by atoms with Crippen LogP contribution in [0.2, 0.25) is 0 Å². The molecule has 0 aliphatic heterocycles. The second-order valence-electron chi connectivity index (χ2n) is 6.56. The molecule has 146 valence electrons. The molecule has 4 rings (SSSR count). The molecule has 0 radical (unpaired) electrons. The predicted octanol–water partition coefficient (Wildman–Crippen LogP) is 4.69. The van der Waals surface area contributed by atoms with Crippen LogP contribution in [0.15, 0.2) is 66.7 Å². The first-order valence-electron chi connectivity index (χ1n) is 9.06. The highest BCUT2D eigenvalue weighted by Crippen LogP contribution is 2.31. The van der Waals surface area contributed by atoms with Gasteiger partial charge in [-0.1, -0.05) is 18.2 Å². The van der Waals surface area contributed by atoms with Crippen molar-refractivity contribution in [3.8, 4) is 17.0 Å². The van der Waals surface area contributed by atoms with Crippen LogP contribution in [-0.4, -0.2) is 29.7 Å². The number of ether oxygens (including phenoxy) is 2. The lowest BCUT2D eigenvalue weighted by Gasteiger charge is -2.12. The molecule has 0 fully saturated rings. The van der Waals surface area contributed by atoms with E-state index in [4.69, 9.17) is 9.47 Å². The third-order valence-electron chi connectivity index (χ3n) is 4.75. The summed E-state index contributed by atoms with van der Waals surface area (Å²) in [5, 5.41) is 0.965. The van der Waals surface area contributed by atoms with Crippen molar-refractivity contribution < 1.29 is 18.7 Å². The molecule has 0 spiro atoms. The standard InChI is InChI=1S/C23H19FN2O3/c1-28-19-9-10-21-16(12-19)13-22(15-5-3-6-17(24)11-15)26(21)14-18-7-4-8-20(25-18)23(27)29-2/h3-13H,14H2,1-2H3. The maximum Gasteiger partial charge on any atom is 0.356 e. The quantitative estimate of drug-likeness (QED) is 0.464. The van der Waals surface area contributed by atoms with Crippen LogP contribution in [0.25, 0.3) is 22.2 Å². The number of hydrogen-bond acceptors (Lipinski definition) is 4. The molecule has 6 heteroatoms. The Balaban J connectivity index is 1.86. The molecule has 0 unspecified atom stereocenters. The Bertz CT molecular complexity index is 1200. The number of hydrogen-bond donors (Lipinski definition) is 0. The maximum atomic E-state index is 13.9. The summed E-state index contributed by atoms with van der Waals surface area (Å²) in [7, 11) is 2.94. The Morgan fingerprint density at radius 1 is 1.03 bits per heavy atom. The van der Waals surface area contributed by atoms with Crippen molar-refractivity contribution in [2.75, 3.05) is 14.2 Å². The molecule has 29 heavy (non-hydrogen) atoms. The van der Waals surface area contributed by atoms with Gasteiger partial charge in [0.25, 0.3) is 0 Å². The van der Waals surface area contributed by atoms with Crippen molar-refractivity contribution in [3.63, 3.8) is 0 Å². The van der Waals surface area contributed by atoms with Gasteiger partial charge in [-0.15, -0.1) is 0 Å². The second kappa shape index (κ2) is 7.75. The van der Waals surface area contributed by atoms with Crippen molar-refractivity contribution in [2.24, 2.45) is 0 Å². The number of rotatable bonds is 5. The predicted molar refractivity (Wildman–Crippen MR) is 109 cm³/mol. The van der Waals surface area contributed by atoms with Gasteiger partial charge in [-0.05, 0) is 48.5 Å². The molecule has 2 heterocycles. The van der Waals surface area contributed by atoms with Crippen LogP contribution in [0.4, 0.5) is 4.39 Å². The van der Waals surface area contributed by atoms with E-state index in [9.17, 15) is 9.18 Å². The highest BCUT2D eigenvalue weighted by molar-refractivity contribution is 5.88. The van der Waals surface area contributed by atoms with Crippen molar-refractivity contribution >= 4 is 16.9 Å². The van der Waals surface area contributed by atoms with Gasteiger partial charge in [0.15, 0.2) is 0 Å². The number of nitrogens with zero attached hydrogens (tertiary/aromatic N) is 2. The molecule has 2 aromatic carbocycles. The molecule has 5 nitrogen and oxygen atoms in total. The summed E-state index contributed by atoms with van der Waals surface area (Å²) in [4.78, 5) is 16.2. The van der Waals surface area contributed by atoms with E-state index in [-0.39, 0.29) is 11.5 Å². The lowest BCUT2D eigenvalue weighted by Crippen LogP contribution is -2.09. The number of benzene rings is 2. The first kappa shape index (κ1) is 18.7. The van der Waals surface area contributed by atoms with Crippen molar-refractivity contribution in [1.82, 2.24) is 9.55 Å². The Hall–Kier alpha value is -3.67. The van der Waals surface area contributed by atoms with Crippen molar-refractivity contribution in [3.05, 3.63) is 83.9 Å². The topological polar surface area (TPSA) is 53.4 Å². The lowest BCUT2D eigenvalue weighted by molar-refractivity contribution is 0.0593. The van der Waals surface area contributed by atoms with Gasteiger partial charge in [0, 0.05) is 22.2 Å². The molecule has 0 aliphatic rings. The van der Waals surface area contributed by atoms with Gasteiger partial charge in [-0.2, -0.15) is 0 Å². The van der Waals surface area contributed by atoms with Gasteiger partial charge >= 0.3 is 5.97 Å². The van der Waals surface area contributed by atoms with E-state index in [0.717, 1.165) is 27.9 Å². The number of methoxy groups -OCH3 is 2. The molecule has 0 saturated heterocycles. The van der Waals surface area contributed by atoms with Crippen LogP contribution < -0.4 is 4.74 Å². The number of halogens is 1. The Morgan fingerprint density at radius 2 is 1.86 bits per heavy atom. The van der Waals surface area contributed by atoms with E-state index in [1.807, 2.05) is 41.0 Å². The second-order valence-corrected chi connectivity index (χ2v) is 6.56. The van der Waals surface area contributed by atoms with Gasteiger partial charge in [-0.3, -0.25) is 0 Å². The monoisotopic (exact) mass is 390 g/mol. The molecule has 4 aromatic rings.